The molecule has 1 saturated heterocycles. The van der Waals surface area contributed by atoms with Crippen LogP contribution in [0.1, 0.15) is 49.6 Å². The maximum atomic E-state index is 14.1. The lowest BCUT2D eigenvalue weighted by Crippen LogP contribution is -2.49. The maximum Gasteiger partial charge on any atom is 0.242 e. The molecule has 4 rings (SSSR count). The Hall–Kier alpha value is -2.45. The van der Waals surface area contributed by atoms with E-state index in [0.717, 1.165) is 24.8 Å². The maximum absolute atomic E-state index is 14.1. The molecule has 0 unspecified atom stereocenters. The molecule has 2 amide bonds. The van der Waals surface area contributed by atoms with E-state index in [4.69, 9.17) is 9.47 Å². The number of amides is 2. The van der Waals surface area contributed by atoms with Gasteiger partial charge in [0.05, 0.1) is 18.7 Å². The first kappa shape index (κ1) is 24.7. The van der Waals surface area contributed by atoms with Crippen molar-refractivity contribution in [1.82, 2.24) is 9.80 Å². The van der Waals surface area contributed by atoms with Crippen LogP contribution >= 0.6 is 11.3 Å². The van der Waals surface area contributed by atoms with E-state index in [1.54, 1.807) is 39.3 Å². The normalized spacial score (nSPS) is 19.8. The minimum atomic E-state index is -0.427. The Morgan fingerprint density at radius 1 is 1.29 bits per heavy atom. The summed E-state index contributed by atoms with van der Waals surface area (Å²) in [4.78, 5) is 31.2. The fraction of sp³-hybridized carbons (Fsp3) is 0.538. The smallest absolute Gasteiger partial charge is 0.242 e. The van der Waals surface area contributed by atoms with E-state index in [2.05, 4.69) is 0 Å². The van der Waals surface area contributed by atoms with Gasteiger partial charge in [0, 0.05) is 31.0 Å². The van der Waals surface area contributed by atoms with E-state index >= 15 is 0 Å². The van der Waals surface area contributed by atoms with Gasteiger partial charge >= 0.3 is 0 Å². The zero-order valence-corrected chi connectivity index (χ0v) is 20.7. The highest BCUT2D eigenvalue weighted by Gasteiger charge is 2.34. The Morgan fingerprint density at radius 2 is 2.12 bits per heavy atom. The largest absolute Gasteiger partial charge is 0.488 e. The highest BCUT2D eigenvalue weighted by Crippen LogP contribution is 2.34. The zero-order valence-electron chi connectivity index (χ0n) is 19.9. The number of benzene rings is 1. The molecule has 0 radical (unpaired) electrons. The predicted octanol–water partition coefficient (Wildman–Crippen LogP) is 4.45. The van der Waals surface area contributed by atoms with Crippen molar-refractivity contribution in [2.75, 3.05) is 32.8 Å². The third kappa shape index (κ3) is 5.96. The van der Waals surface area contributed by atoms with Crippen molar-refractivity contribution in [2.45, 2.75) is 51.7 Å². The van der Waals surface area contributed by atoms with E-state index < -0.39 is 5.82 Å². The highest BCUT2D eigenvalue weighted by atomic mass is 32.1. The lowest BCUT2D eigenvalue weighted by molar-refractivity contribution is -0.144. The third-order valence-electron chi connectivity index (χ3n) is 6.36. The van der Waals surface area contributed by atoms with Crippen LogP contribution in [0.25, 0.3) is 0 Å². The second-order valence-electron chi connectivity index (χ2n) is 9.40. The number of thiophene rings is 1. The fourth-order valence-electron chi connectivity index (χ4n) is 4.63. The van der Waals surface area contributed by atoms with Gasteiger partial charge in [-0.1, -0.05) is 26.0 Å². The summed E-state index contributed by atoms with van der Waals surface area (Å²) in [5, 5.41) is 2.02. The number of rotatable bonds is 9. The molecule has 0 aliphatic carbocycles. The molecule has 1 fully saturated rings. The average Bonchev–Trinajstić information content (AvgIpc) is 3.49. The number of ether oxygens (including phenoxy) is 2. The zero-order chi connectivity index (χ0) is 24.1. The molecule has 8 heteroatoms. The molecule has 6 nitrogen and oxygen atoms in total. The number of carbonyl (C=O) groups is 2. The molecule has 1 aromatic heterocycles. The van der Waals surface area contributed by atoms with Gasteiger partial charge in [-0.3, -0.25) is 9.59 Å². The van der Waals surface area contributed by atoms with Crippen LogP contribution in [-0.2, 0) is 20.7 Å². The van der Waals surface area contributed by atoms with Crippen LogP contribution in [0.3, 0.4) is 0 Å². The lowest BCUT2D eigenvalue weighted by atomic mass is 10.00. The van der Waals surface area contributed by atoms with Crippen molar-refractivity contribution in [3.05, 3.63) is 52.0 Å². The van der Waals surface area contributed by atoms with Crippen molar-refractivity contribution in [3.63, 3.8) is 0 Å². The van der Waals surface area contributed by atoms with Crippen molar-refractivity contribution in [2.24, 2.45) is 5.92 Å². The number of para-hydroxylation sites is 1. The van der Waals surface area contributed by atoms with Crippen LogP contribution in [0.2, 0.25) is 0 Å². The first-order valence-electron chi connectivity index (χ1n) is 12.0. The highest BCUT2D eigenvalue weighted by molar-refractivity contribution is 7.10. The Bertz CT molecular complexity index is 989. The van der Waals surface area contributed by atoms with E-state index in [0.29, 0.717) is 26.1 Å². The van der Waals surface area contributed by atoms with E-state index in [9.17, 15) is 14.0 Å². The van der Waals surface area contributed by atoms with Crippen molar-refractivity contribution >= 4 is 23.2 Å². The van der Waals surface area contributed by atoms with E-state index in [1.807, 2.05) is 25.3 Å². The number of halogens is 1. The summed E-state index contributed by atoms with van der Waals surface area (Å²) in [6.07, 6.45) is 3.03. The molecule has 1 aromatic carbocycles. The van der Waals surface area contributed by atoms with Gasteiger partial charge in [-0.15, -0.1) is 11.3 Å². The lowest BCUT2D eigenvalue weighted by Gasteiger charge is -2.37. The minimum absolute atomic E-state index is 0.0150. The minimum Gasteiger partial charge on any atom is -0.488 e. The molecule has 184 valence electrons. The summed E-state index contributed by atoms with van der Waals surface area (Å²) < 4.78 is 25.7. The van der Waals surface area contributed by atoms with Gasteiger partial charge in [-0.05, 0) is 54.3 Å². The van der Waals surface area contributed by atoms with Crippen molar-refractivity contribution in [1.29, 1.82) is 0 Å². The van der Waals surface area contributed by atoms with Gasteiger partial charge in [0.2, 0.25) is 11.8 Å². The molecular weight excluding hydrogens is 455 g/mol. The molecule has 3 heterocycles. The summed E-state index contributed by atoms with van der Waals surface area (Å²) in [7, 11) is 0. The Kier molecular flexibility index (Phi) is 8.21. The van der Waals surface area contributed by atoms with Crippen LogP contribution in [0.15, 0.2) is 35.7 Å². The number of hydrogen-bond donors (Lipinski definition) is 0. The van der Waals surface area contributed by atoms with Gasteiger partial charge in [-0.2, -0.15) is 0 Å². The first-order valence-corrected chi connectivity index (χ1v) is 12.9. The van der Waals surface area contributed by atoms with E-state index in [-0.39, 0.29) is 48.8 Å². The van der Waals surface area contributed by atoms with Gasteiger partial charge < -0.3 is 19.3 Å². The van der Waals surface area contributed by atoms with Gasteiger partial charge in [-0.25, -0.2) is 4.39 Å². The summed E-state index contributed by atoms with van der Waals surface area (Å²) in [6.45, 7) is 5.86. The SMILES string of the molecule is CC(C)CC(=O)N(CC(=O)N1CCc2sccc2[C@H]1COc1ccccc1F)C[C@H]1CCCO1. The summed E-state index contributed by atoms with van der Waals surface area (Å²) in [5.41, 5.74) is 1.04. The van der Waals surface area contributed by atoms with Crippen LogP contribution in [0.5, 0.6) is 5.75 Å². The predicted molar refractivity (Wildman–Crippen MR) is 129 cm³/mol. The summed E-state index contributed by atoms with van der Waals surface area (Å²) >= 11 is 1.67. The molecule has 2 aliphatic heterocycles. The quantitative estimate of drug-likeness (QED) is 0.524. The van der Waals surface area contributed by atoms with Crippen LogP contribution in [0.4, 0.5) is 4.39 Å². The molecule has 2 aromatic rings. The molecule has 0 saturated carbocycles. The molecule has 0 bridgehead atoms. The second-order valence-corrected chi connectivity index (χ2v) is 10.4. The number of carbonyl (C=O) groups excluding carboxylic acids is 2. The van der Waals surface area contributed by atoms with Crippen molar-refractivity contribution in [3.8, 4) is 5.75 Å². The van der Waals surface area contributed by atoms with Gasteiger partial charge in [0.1, 0.15) is 6.61 Å². The monoisotopic (exact) mass is 488 g/mol. The van der Waals surface area contributed by atoms with Crippen LogP contribution < -0.4 is 4.74 Å². The van der Waals surface area contributed by atoms with Crippen LogP contribution in [0, 0.1) is 11.7 Å². The van der Waals surface area contributed by atoms with Crippen LogP contribution in [-0.4, -0.2) is 60.6 Å². The molecule has 0 N–H and O–H groups in total. The molecule has 0 spiro atoms. The number of nitrogens with zero attached hydrogens (tertiary/aromatic N) is 2. The second kappa shape index (κ2) is 11.3. The van der Waals surface area contributed by atoms with Crippen molar-refractivity contribution < 1.29 is 23.5 Å². The molecule has 2 aliphatic rings. The topological polar surface area (TPSA) is 59.1 Å². The third-order valence-corrected chi connectivity index (χ3v) is 7.35. The summed E-state index contributed by atoms with van der Waals surface area (Å²) in [6, 6.07) is 7.98. The Morgan fingerprint density at radius 3 is 2.85 bits per heavy atom. The number of fused-ring (bicyclic) bond motifs is 1. The molecular formula is C26H33FN2O4S. The molecule has 34 heavy (non-hydrogen) atoms. The number of hydrogen-bond acceptors (Lipinski definition) is 5. The van der Waals surface area contributed by atoms with E-state index in [1.165, 1.54) is 10.9 Å². The Balaban J connectivity index is 1.50. The first-order chi connectivity index (χ1) is 16.4. The van der Waals surface area contributed by atoms with Gasteiger partial charge in [0.15, 0.2) is 11.6 Å². The molecule has 2 atom stereocenters. The van der Waals surface area contributed by atoms with Gasteiger partial charge in [0.25, 0.3) is 0 Å². The fourth-order valence-corrected chi connectivity index (χ4v) is 5.55. The summed E-state index contributed by atoms with van der Waals surface area (Å²) in [5.74, 6) is -0.187. The standard InChI is InChI=1S/C26H33FN2O4S/c1-18(2)14-25(30)28(15-19-6-5-12-32-19)16-26(31)29-11-9-24-20(10-13-34-24)22(29)17-33-23-8-4-3-7-21(23)27/h3-4,7-8,10,13,18-19,22H,5-6,9,11-12,14-17H2,1-2H3/t19-,22-/m1/s1. The average molecular weight is 489 g/mol. The Labute approximate surface area is 204 Å².